The number of carbonyl (C=O) groups is 3. The quantitative estimate of drug-likeness (QED) is 0.298. The summed E-state index contributed by atoms with van der Waals surface area (Å²) in [6.07, 6.45) is 5.00. The second-order valence-electron chi connectivity index (χ2n) is 16.8. The summed E-state index contributed by atoms with van der Waals surface area (Å²) in [4.78, 5) is 44.3. The van der Waals surface area contributed by atoms with Crippen molar-refractivity contribution in [3.63, 3.8) is 0 Å². The number of nitrogens with zero attached hydrogens (tertiary/aromatic N) is 1. The summed E-state index contributed by atoms with van der Waals surface area (Å²) in [5.41, 5.74) is 0.660. The Hall–Kier alpha value is -1.77. The molecule has 6 rings (SSSR count). The van der Waals surface area contributed by atoms with Crippen LogP contribution in [0.2, 0.25) is 0 Å². The van der Waals surface area contributed by atoms with E-state index in [2.05, 4.69) is 32.0 Å². The fourth-order valence-corrected chi connectivity index (χ4v) is 10.7. The minimum atomic E-state index is -0.690. The van der Waals surface area contributed by atoms with Gasteiger partial charge in [-0.15, -0.1) is 0 Å². The number of ketones is 2. The van der Waals surface area contributed by atoms with Gasteiger partial charge in [-0.05, 0) is 103 Å². The van der Waals surface area contributed by atoms with Gasteiger partial charge in [-0.25, -0.2) is 0 Å². The van der Waals surface area contributed by atoms with Crippen molar-refractivity contribution in [3.05, 3.63) is 11.6 Å². The molecule has 3 unspecified atom stereocenters. The van der Waals surface area contributed by atoms with Crippen LogP contribution in [0.3, 0.4) is 0 Å². The first-order valence-electron chi connectivity index (χ1n) is 20.2. The lowest BCUT2D eigenvalue weighted by atomic mass is 9.65. The van der Waals surface area contributed by atoms with Crippen LogP contribution in [-0.2, 0) is 52.3 Å². The third-order valence-corrected chi connectivity index (χ3v) is 13.6. The summed E-state index contributed by atoms with van der Waals surface area (Å²) < 4.78 is 49.3. The lowest BCUT2D eigenvalue weighted by molar-refractivity contribution is -0.314. The van der Waals surface area contributed by atoms with Crippen LogP contribution in [0.25, 0.3) is 0 Å². The van der Waals surface area contributed by atoms with E-state index in [-0.39, 0.29) is 103 Å². The SMILES string of the molecule is CC[C@H]1CCC[C@H](O[C@H]2CC[C@H](N(C)C)C(C)O2)[C@@H](C)C(=O)C2=C[C@@H]3[C@@H](CC(=O)[C@@H]4C[C@@H](O[C@@H]5OC(C)[C@H](OC)C(OC)[C@@H]5OC)C[C@@H]34)[C@@H]2CC(=O)O1. The van der Waals surface area contributed by atoms with Crippen LogP contribution in [0.15, 0.2) is 11.6 Å². The summed E-state index contributed by atoms with van der Waals surface area (Å²) in [6, 6.07) is 0.315. The highest BCUT2D eigenvalue weighted by Gasteiger charge is 2.56. The number of ether oxygens (including phenoxy) is 8. The summed E-state index contributed by atoms with van der Waals surface area (Å²) in [7, 11) is 9.02. The number of carbonyl (C=O) groups excluding carboxylic acids is 3. The van der Waals surface area contributed by atoms with Crippen molar-refractivity contribution in [3.8, 4) is 0 Å². The van der Waals surface area contributed by atoms with E-state index in [4.69, 9.17) is 37.9 Å². The van der Waals surface area contributed by atoms with Gasteiger partial charge in [0.25, 0.3) is 0 Å². The van der Waals surface area contributed by atoms with Crippen LogP contribution in [0.1, 0.15) is 91.9 Å². The van der Waals surface area contributed by atoms with Gasteiger partial charge < -0.3 is 42.8 Å². The van der Waals surface area contributed by atoms with Gasteiger partial charge >= 0.3 is 5.97 Å². The maximum atomic E-state index is 14.7. The fourth-order valence-electron chi connectivity index (χ4n) is 10.7. The van der Waals surface area contributed by atoms with E-state index in [0.29, 0.717) is 50.1 Å². The van der Waals surface area contributed by atoms with Crippen molar-refractivity contribution >= 4 is 17.5 Å². The zero-order valence-electron chi connectivity index (χ0n) is 33.4. The Morgan fingerprint density at radius 3 is 2.19 bits per heavy atom. The van der Waals surface area contributed by atoms with E-state index in [9.17, 15) is 14.4 Å². The molecule has 12 heteroatoms. The monoisotopic (exact) mass is 747 g/mol. The summed E-state index contributed by atoms with van der Waals surface area (Å²) >= 11 is 0. The Morgan fingerprint density at radius 1 is 0.792 bits per heavy atom. The van der Waals surface area contributed by atoms with Crippen molar-refractivity contribution in [2.45, 2.75) is 159 Å². The summed E-state index contributed by atoms with van der Waals surface area (Å²) in [6.45, 7) is 8.03. The smallest absolute Gasteiger partial charge is 0.306 e. The Bertz CT molecular complexity index is 1320. The minimum Gasteiger partial charge on any atom is -0.462 e. The van der Waals surface area contributed by atoms with E-state index in [1.54, 1.807) is 21.3 Å². The number of hydrogen-bond acceptors (Lipinski definition) is 12. The molecule has 5 fully saturated rings. The number of esters is 1. The molecule has 53 heavy (non-hydrogen) atoms. The summed E-state index contributed by atoms with van der Waals surface area (Å²) in [5, 5.41) is 0. The molecule has 6 aliphatic rings. The van der Waals surface area contributed by atoms with Gasteiger partial charge in [-0.1, -0.05) is 19.9 Å². The maximum Gasteiger partial charge on any atom is 0.306 e. The zero-order chi connectivity index (χ0) is 38.1. The first kappa shape index (κ1) is 40.9. The van der Waals surface area contributed by atoms with Crippen LogP contribution < -0.4 is 0 Å². The van der Waals surface area contributed by atoms with E-state index >= 15 is 0 Å². The largest absolute Gasteiger partial charge is 0.462 e. The molecule has 0 aromatic carbocycles. The molecular weight excluding hydrogens is 682 g/mol. The summed E-state index contributed by atoms with van der Waals surface area (Å²) in [5.74, 6) is -1.30. The molecule has 2 saturated carbocycles. The van der Waals surface area contributed by atoms with E-state index in [1.807, 2.05) is 20.8 Å². The number of rotatable bonds is 9. The predicted octanol–water partition coefficient (Wildman–Crippen LogP) is 4.89. The Kier molecular flexibility index (Phi) is 13.6. The maximum absolute atomic E-state index is 14.7. The van der Waals surface area contributed by atoms with Crippen molar-refractivity contribution in [2.75, 3.05) is 35.4 Å². The van der Waals surface area contributed by atoms with Crippen LogP contribution in [0, 0.1) is 35.5 Å². The first-order valence-corrected chi connectivity index (χ1v) is 20.2. The third kappa shape index (κ3) is 8.50. The molecule has 3 aliphatic carbocycles. The number of fused-ring (bicyclic) bond motifs is 5. The fraction of sp³-hybridized carbons (Fsp3) is 0.878. The number of methoxy groups -OCH3 is 3. The topological polar surface area (TPSA) is 128 Å². The van der Waals surface area contributed by atoms with Gasteiger partial charge in [-0.3, -0.25) is 14.4 Å². The van der Waals surface area contributed by atoms with Gasteiger partial charge in [0.1, 0.15) is 30.2 Å². The van der Waals surface area contributed by atoms with Gasteiger partial charge in [0.15, 0.2) is 18.4 Å². The Morgan fingerprint density at radius 2 is 1.53 bits per heavy atom. The van der Waals surface area contributed by atoms with Crippen LogP contribution >= 0.6 is 0 Å². The van der Waals surface area contributed by atoms with Crippen LogP contribution in [0.5, 0.6) is 0 Å². The normalized spacial score (nSPS) is 45.4. The second kappa shape index (κ2) is 17.6. The average molecular weight is 748 g/mol. The predicted molar refractivity (Wildman–Crippen MR) is 195 cm³/mol. The number of Topliss-reactive ketones (excluding diaryl/α,β-unsaturated/α-hetero) is 2. The minimum absolute atomic E-state index is 0.00507. The molecule has 0 aromatic heterocycles. The Balaban J connectivity index is 1.22. The molecule has 12 nitrogen and oxygen atoms in total. The van der Waals surface area contributed by atoms with Crippen LogP contribution in [-0.4, -0.2) is 125 Å². The first-order chi connectivity index (χ1) is 25.4. The third-order valence-electron chi connectivity index (χ3n) is 13.6. The molecule has 3 saturated heterocycles. The average Bonchev–Trinajstić information content (AvgIpc) is 3.71. The Labute approximate surface area is 316 Å². The number of likely N-dealkylation sites (N-methyl/N-ethyl adjacent to an activating group) is 1. The van der Waals surface area contributed by atoms with E-state index < -0.39 is 18.3 Å². The van der Waals surface area contributed by atoms with Gasteiger partial charge in [-0.2, -0.15) is 0 Å². The number of allylic oxidation sites excluding steroid dienone is 2. The molecule has 0 amide bonds. The van der Waals surface area contributed by atoms with Gasteiger partial charge in [0.2, 0.25) is 0 Å². The molecule has 0 aromatic rings. The van der Waals surface area contributed by atoms with Crippen molar-refractivity contribution in [2.24, 2.45) is 35.5 Å². The molecule has 0 bridgehead atoms. The molecule has 3 heterocycles. The molecule has 300 valence electrons. The van der Waals surface area contributed by atoms with Gasteiger partial charge in [0, 0.05) is 51.5 Å². The lowest BCUT2D eigenvalue weighted by Crippen LogP contribution is -2.59. The molecule has 0 radical (unpaired) electrons. The van der Waals surface area contributed by atoms with E-state index in [0.717, 1.165) is 19.3 Å². The standard InChI is InChI=1S/C41H65NO11/c1-10-24-12-11-13-34(53-36-15-14-32(42(5)6)22(3)49-36)21(2)37(45)31-18-27-26-16-25(17-30(26)33(43)19-28(27)29(31)20-35(44)51-24)52-41-40(48-9)39(47-8)38(46-7)23(4)50-41/h18,21-30,32,34,36,38-41H,10-17,19-20H2,1-9H3/t21-,22?,23?,24+,25+,26+,27+,28-,29+,30-,32+,34+,36+,38+,39?,40+,41+/m1/s1. The molecule has 3 aliphatic heterocycles. The number of cyclic esters (lactones) is 1. The molecule has 0 spiro atoms. The van der Waals surface area contributed by atoms with Crippen molar-refractivity contribution < 1.29 is 52.3 Å². The molecule has 17 atom stereocenters. The zero-order valence-corrected chi connectivity index (χ0v) is 33.4. The van der Waals surface area contributed by atoms with Gasteiger partial charge in [0.05, 0.1) is 30.8 Å². The molecule has 0 N–H and O–H groups in total. The highest BCUT2D eigenvalue weighted by atomic mass is 16.7. The van der Waals surface area contributed by atoms with E-state index in [1.165, 1.54) is 0 Å². The van der Waals surface area contributed by atoms with Crippen molar-refractivity contribution in [1.29, 1.82) is 0 Å². The van der Waals surface area contributed by atoms with Crippen molar-refractivity contribution in [1.82, 2.24) is 4.90 Å². The number of hydrogen-bond donors (Lipinski definition) is 0. The highest BCUT2D eigenvalue weighted by molar-refractivity contribution is 5.99. The molecular formula is C41H65NO11. The lowest BCUT2D eigenvalue weighted by Gasteiger charge is -2.44. The second-order valence-corrected chi connectivity index (χ2v) is 16.8. The van der Waals surface area contributed by atoms with Crippen LogP contribution in [0.4, 0.5) is 0 Å². The highest BCUT2D eigenvalue weighted by Crippen LogP contribution is 2.56.